The van der Waals surface area contributed by atoms with E-state index in [4.69, 9.17) is 10.2 Å². The summed E-state index contributed by atoms with van der Waals surface area (Å²) in [6.45, 7) is 0. The van der Waals surface area contributed by atoms with Crippen LogP contribution in [0.1, 0.15) is 18.4 Å². The van der Waals surface area contributed by atoms with Crippen LogP contribution in [0.4, 0.5) is 4.79 Å². The summed E-state index contributed by atoms with van der Waals surface area (Å²) in [6, 6.07) is 8.16. The Bertz CT molecular complexity index is 581. The van der Waals surface area contributed by atoms with E-state index < -0.39 is 29.9 Å². The minimum atomic E-state index is -1.51. The summed E-state index contributed by atoms with van der Waals surface area (Å²) in [5.41, 5.74) is 0.966. The summed E-state index contributed by atoms with van der Waals surface area (Å²) in [7, 11) is 0. The maximum Gasteiger partial charge on any atom is 0.414 e. The number of allylic oxidation sites excluding steroid dienone is 1. The number of carbonyl (C=O) groups excluding carboxylic acids is 1. The summed E-state index contributed by atoms with van der Waals surface area (Å²) in [4.78, 5) is 34.4. The summed E-state index contributed by atoms with van der Waals surface area (Å²) in [6.07, 6.45) is 2.41. The van der Waals surface area contributed by atoms with Gasteiger partial charge in [0, 0.05) is 5.92 Å². The molecule has 2 amide bonds. The maximum absolute atomic E-state index is 12.0. The first-order valence-electron chi connectivity index (χ1n) is 6.51. The first kappa shape index (κ1) is 14.8. The molecule has 1 saturated heterocycles. The van der Waals surface area contributed by atoms with Gasteiger partial charge in [0.25, 0.3) is 0 Å². The van der Waals surface area contributed by atoms with Crippen molar-refractivity contribution in [2.24, 2.45) is 5.92 Å². The highest BCUT2D eigenvalue weighted by molar-refractivity contribution is 5.99. The Morgan fingerprint density at radius 2 is 1.90 bits per heavy atom. The zero-order chi connectivity index (χ0) is 15.4. The molecule has 0 saturated carbocycles. The molecule has 1 aromatic carbocycles. The molecule has 1 fully saturated rings. The van der Waals surface area contributed by atoms with E-state index in [0.29, 0.717) is 11.3 Å². The molecule has 0 radical (unpaired) electrons. The van der Waals surface area contributed by atoms with Crippen molar-refractivity contribution in [3.8, 4) is 0 Å². The van der Waals surface area contributed by atoms with Crippen molar-refractivity contribution in [2.45, 2.75) is 18.9 Å². The molecule has 110 valence electrons. The maximum atomic E-state index is 12.0. The van der Waals surface area contributed by atoms with Gasteiger partial charge in [0.15, 0.2) is 0 Å². The van der Waals surface area contributed by atoms with Gasteiger partial charge in [0.1, 0.15) is 6.04 Å². The van der Waals surface area contributed by atoms with Gasteiger partial charge in [-0.15, -0.1) is 0 Å². The van der Waals surface area contributed by atoms with Gasteiger partial charge in [-0.1, -0.05) is 42.5 Å². The molecule has 1 aromatic rings. The van der Waals surface area contributed by atoms with Crippen LogP contribution < -0.4 is 0 Å². The van der Waals surface area contributed by atoms with Crippen molar-refractivity contribution < 1.29 is 24.6 Å². The molecule has 0 aliphatic carbocycles. The number of carbonyl (C=O) groups is 3. The second kappa shape index (κ2) is 6.21. The van der Waals surface area contributed by atoms with Crippen LogP contribution in [0.2, 0.25) is 0 Å². The molecule has 2 atom stereocenters. The molecule has 6 heteroatoms. The van der Waals surface area contributed by atoms with Crippen LogP contribution in [0.5, 0.6) is 0 Å². The predicted molar refractivity (Wildman–Crippen MR) is 74.5 cm³/mol. The van der Waals surface area contributed by atoms with Crippen molar-refractivity contribution in [3.05, 3.63) is 42.0 Å². The van der Waals surface area contributed by atoms with Crippen LogP contribution >= 0.6 is 0 Å². The molecular formula is C15H15NO5. The predicted octanol–water partition coefficient (Wildman–Crippen LogP) is 2.07. The number of aliphatic carboxylic acids is 1. The molecule has 0 unspecified atom stereocenters. The number of likely N-dealkylation sites (tertiary alicyclic amines) is 1. The number of carboxylic acids is 1. The molecular weight excluding hydrogens is 274 g/mol. The fourth-order valence-electron chi connectivity index (χ4n) is 2.39. The Balaban J connectivity index is 2.04. The van der Waals surface area contributed by atoms with E-state index >= 15 is 0 Å². The van der Waals surface area contributed by atoms with Crippen LogP contribution in [0.3, 0.4) is 0 Å². The van der Waals surface area contributed by atoms with Crippen LogP contribution in [-0.4, -0.2) is 39.1 Å². The number of benzene rings is 1. The van der Waals surface area contributed by atoms with Crippen molar-refractivity contribution in [3.63, 3.8) is 0 Å². The lowest BCUT2D eigenvalue weighted by atomic mass is 10.0. The molecule has 1 heterocycles. The summed E-state index contributed by atoms with van der Waals surface area (Å²) in [5, 5.41) is 17.9. The SMILES string of the molecule is O=C(O)[C@@H]1C[C@@H](C/C=C/c2ccccc2)C(=O)N1C(=O)O. The smallest absolute Gasteiger partial charge is 0.414 e. The van der Waals surface area contributed by atoms with E-state index in [9.17, 15) is 14.4 Å². The zero-order valence-corrected chi connectivity index (χ0v) is 11.2. The van der Waals surface area contributed by atoms with Crippen LogP contribution in [0.25, 0.3) is 6.08 Å². The van der Waals surface area contributed by atoms with Gasteiger partial charge in [-0.05, 0) is 18.4 Å². The van der Waals surface area contributed by atoms with E-state index in [1.165, 1.54) is 0 Å². The van der Waals surface area contributed by atoms with Crippen LogP contribution in [0.15, 0.2) is 36.4 Å². The fourth-order valence-corrected chi connectivity index (χ4v) is 2.39. The lowest BCUT2D eigenvalue weighted by molar-refractivity contribution is -0.145. The second-order valence-electron chi connectivity index (χ2n) is 4.83. The number of hydrogen-bond donors (Lipinski definition) is 2. The average molecular weight is 289 g/mol. The Kier molecular flexibility index (Phi) is 4.37. The van der Waals surface area contributed by atoms with Gasteiger partial charge in [-0.2, -0.15) is 0 Å². The van der Waals surface area contributed by atoms with E-state index in [1.807, 2.05) is 36.4 Å². The molecule has 1 aliphatic rings. The third-order valence-corrected chi connectivity index (χ3v) is 3.43. The first-order chi connectivity index (χ1) is 10.0. The lowest BCUT2D eigenvalue weighted by Gasteiger charge is -2.14. The number of rotatable bonds is 4. The summed E-state index contributed by atoms with van der Waals surface area (Å²) < 4.78 is 0. The number of carboxylic acid groups (broad SMARTS) is 2. The van der Waals surface area contributed by atoms with Crippen LogP contribution in [-0.2, 0) is 9.59 Å². The van der Waals surface area contributed by atoms with E-state index in [0.717, 1.165) is 5.56 Å². The quantitative estimate of drug-likeness (QED) is 0.884. The summed E-state index contributed by atoms with van der Waals surface area (Å²) in [5.74, 6) is -2.55. The van der Waals surface area contributed by atoms with Gasteiger partial charge in [-0.3, -0.25) is 4.79 Å². The topological polar surface area (TPSA) is 94.9 Å². The van der Waals surface area contributed by atoms with Crippen molar-refractivity contribution in [1.29, 1.82) is 0 Å². The lowest BCUT2D eigenvalue weighted by Crippen LogP contribution is -2.42. The second-order valence-corrected chi connectivity index (χ2v) is 4.83. The number of amides is 2. The van der Waals surface area contributed by atoms with Gasteiger partial charge in [0.05, 0.1) is 0 Å². The third kappa shape index (κ3) is 3.28. The monoisotopic (exact) mass is 289 g/mol. The Hall–Kier alpha value is -2.63. The molecule has 2 rings (SSSR count). The normalized spacial score (nSPS) is 21.9. The largest absolute Gasteiger partial charge is 0.480 e. The van der Waals surface area contributed by atoms with Crippen LogP contribution in [0, 0.1) is 5.92 Å². The highest BCUT2D eigenvalue weighted by Gasteiger charge is 2.46. The van der Waals surface area contributed by atoms with Gasteiger partial charge < -0.3 is 10.2 Å². The number of nitrogens with zero attached hydrogens (tertiary/aromatic N) is 1. The van der Waals surface area contributed by atoms with Gasteiger partial charge in [0.2, 0.25) is 5.91 Å². The van der Waals surface area contributed by atoms with Crippen molar-refractivity contribution in [2.75, 3.05) is 0 Å². The standard InChI is InChI=1S/C15H15NO5/c17-13-11(8-4-7-10-5-2-1-3-6-10)9-12(14(18)19)16(13)15(20)21/h1-7,11-12H,8-9H2,(H,18,19)(H,20,21)/b7-4+/t11-,12+/m1/s1. The molecule has 1 aliphatic heterocycles. The minimum absolute atomic E-state index is 0.0135. The average Bonchev–Trinajstić information content (AvgIpc) is 2.78. The molecule has 0 bridgehead atoms. The Labute approximate surface area is 121 Å². The van der Waals surface area contributed by atoms with E-state index in [1.54, 1.807) is 6.08 Å². The number of imide groups is 1. The minimum Gasteiger partial charge on any atom is -0.480 e. The molecule has 0 spiro atoms. The molecule has 6 nitrogen and oxygen atoms in total. The van der Waals surface area contributed by atoms with Crippen molar-refractivity contribution >= 4 is 24.0 Å². The summed E-state index contributed by atoms with van der Waals surface area (Å²) >= 11 is 0. The van der Waals surface area contributed by atoms with E-state index in [-0.39, 0.29) is 6.42 Å². The highest BCUT2D eigenvalue weighted by atomic mass is 16.4. The molecule has 21 heavy (non-hydrogen) atoms. The Morgan fingerprint density at radius 3 is 2.43 bits per heavy atom. The molecule has 0 aromatic heterocycles. The highest BCUT2D eigenvalue weighted by Crippen LogP contribution is 2.28. The van der Waals surface area contributed by atoms with E-state index in [2.05, 4.69) is 0 Å². The van der Waals surface area contributed by atoms with Crippen molar-refractivity contribution in [1.82, 2.24) is 4.90 Å². The fraction of sp³-hybridized carbons (Fsp3) is 0.267. The number of hydrogen-bond acceptors (Lipinski definition) is 3. The first-order valence-corrected chi connectivity index (χ1v) is 6.51. The molecule has 2 N–H and O–H groups in total. The zero-order valence-electron chi connectivity index (χ0n) is 11.2. The van der Waals surface area contributed by atoms with Gasteiger partial charge in [-0.25, -0.2) is 14.5 Å². The Morgan fingerprint density at radius 1 is 1.24 bits per heavy atom. The third-order valence-electron chi connectivity index (χ3n) is 3.43. The van der Waals surface area contributed by atoms with Gasteiger partial charge >= 0.3 is 12.1 Å².